The maximum Gasteiger partial charge on any atom is 0.327 e. The summed E-state index contributed by atoms with van der Waals surface area (Å²) >= 11 is 1.73. The van der Waals surface area contributed by atoms with Gasteiger partial charge in [-0.2, -0.15) is 0 Å². The molecule has 0 saturated heterocycles. The average Bonchev–Trinajstić information content (AvgIpc) is 2.97. The first kappa shape index (κ1) is 13.8. The molecule has 1 heterocycles. The van der Waals surface area contributed by atoms with Crippen LogP contribution in [0.4, 0.5) is 0 Å². The Labute approximate surface area is 117 Å². The van der Waals surface area contributed by atoms with E-state index in [4.69, 9.17) is 4.74 Å². The maximum absolute atomic E-state index is 11.8. The number of carbonyl (C=O) groups is 1. The third kappa shape index (κ3) is 3.91. The van der Waals surface area contributed by atoms with Crippen LogP contribution in [0.3, 0.4) is 0 Å². The van der Waals surface area contributed by atoms with E-state index in [0.29, 0.717) is 0 Å². The van der Waals surface area contributed by atoms with E-state index >= 15 is 0 Å². The predicted octanol–water partition coefficient (Wildman–Crippen LogP) is 2.79. The zero-order valence-electron chi connectivity index (χ0n) is 10.8. The molecular formula is C15H17NO2S. The molecule has 100 valence electrons. The van der Waals surface area contributed by atoms with Gasteiger partial charge in [-0.3, -0.25) is 0 Å². The number of carbonyl (C=O) groups excluding carboxylic acids is 1. The van der Waals surface area contributed by atoms with Crippen LogP contribution in [0.1, 0.15) is 16.5 Å². The molecule has 0 bridgehead atoms. The van der Waals surface area contributed by atoms with Gasteiger partial charge in [0.15, 0.2) is 0 Å². The van der Waals surface area contributed by atoms with E-state index in [9.17, 15) is 4.79 Å². The zero-order valence-corrected chi connectivity index (χ0v) is 11.7. The van der Waals surface area contributed by atoms with Crippen LogP contribution in [0.25, 0.3) is 0 Å². The lowest BCUT2D eigenvalue weighted by Crippen LogP contribution is -2.31. The van der Waals surface area contributed by atoms with Crippen molar-refractivity contribution in [2.75, 3.05) is 13.7 Å². The van der Waals surface area contributed by atoms with Crippen LogP contribution in [0, 0.1) is 0 Å². The number of thiophene rings is 1. The highest BCUT2D eigenvalue weighted by atomic mass is 32.1. The van der Waals surface area contributed by atoms with E-state index in [1.54, 1.807) is 11.3 Å². The quantitative estimate of drug-likeness (QED) is 0.824. The van der Waals surface area contributed by atoms with E-state index in [2.05, 4.69) is 16.8 Å². The van der Waals surface area contributed by atoms with E-state index in [1.165, 1.54) is 12.0 Å². The minimum Gasteiger partial charge on any atom is -0.468 e. The molecule has 3 nitrogen and oxygen atoms in total. The van der Waals surface area contributed by atoms with Crippen LogP contribution in [-0.4, -0.2) is 19.6 Å². The molecule has 2 rings (SSSR count). The van der Waals surface area contributed by atoms with Crippen LogP contribution in [0.15, 0.2) is 47.8 Å². The van der Waals surface area contributed by atoms with Crippen LogP contribution in [0.2, 0.25) is 0 Å². The van der Waals surface area contributed by atoms with E-state index in [0.717, 1.165) is 18.5 Å². The summed E-state index contributed by atoms with van der Waals surface area (Å²) in [5.74, 6) is -0.252. The number of hydrogen-bond donors (Lipinski definition) is 1. The summed E-state index contributed by atoms with van der Waals surface area (Å²) in [6.45, 7) is 0.745. The van der Waals surface area contributed by atoms with Crippen LogP contribution < -0.4 is 5.32 Å². The van der Waals surface area contributed by atoms with Gasteiger partial charge >= 0.3 is 5.97 Å². The molecule has 0 saturated carbocycles. The van der Waals surface area contributed by atoms with Crippen molar-refractivity contribution >= 4 is 17.3 Å². The van der Waals surface area contributed by atoms with Crippen molar-refractivity contribution in [3.8, 4) is 0 Å². The Hall–Kier alpha value is -1.65. The van der Waals surface area contributed by atoms with E-state index in [-0.39, 0.29) is 5.97 Å². The van der Waals surface area contributed by atoms with Crippen molar-refractivity contribution in [3.05, 3.63) is 58.3 Å². The maximum atomic E-state index is 11.8. The Morgan fingerprint density at radius 3 is 2.68 bits per heavy atom. The van der Waals surface area contributed by atoms with Gasteiger partial charge in [0.25, 0.3) is 0 Å². The molecule has 2 aromatic rings. The fraction of sp³-hybridized carbons (Fsp3) is 0.267. The lowest BCUT2D eigenvalue weighted by atomic mass is 10.1. The smallest absolute Gasteiger partial charge is 0.327 e. The van der Waals surface area contributed by atoms with Gasteiger partial charge in [0.1, 0.15) is 6.04 Å². The van der Waals surface area contributed by atoms with Gasteiger partial charge in [-0.05, 0) is 23.4 Å². The van der Waals surface area contributed by atoms with Crippen molar-refractivity contribution in [2.45, 2.75) is 12.5 Å². The first-order chi connectivity index (χ1) is 9.31. The van der Waals surface area contributed by atoms with Gasteiger partial charge in [0.2, 0.25) is 0 Å². The van der Waals surface area contributed by atoms with Gasteiger partial charge in [0, 0.05) is 11.4 Å². The Kier molecular flexibility index (Phi) is 5.12. The molecule has 0 aliphatic heterocycles. The fourth-order valence-corrected chi connectivity index (χ4v) is 2.60. The van der Waals surface area contributed by atoms with Gasteiger partial charge in [-0.25, -0.2) is 4.79 Å². The molecule has 4 heteroatoms. The second-order valence-electron chi connectivity index (χ2n) is 4.15. The number of esters is 1. The van der Waals surface area contributed by atoms with Gasteiger partial charge < -0.3 is 10.1 Å². The molecule has 0 fully saturated rings. The minimum atomic E-state index is -0.397. The molecule has 1 unspecified atom stereocenters. The zero-order chi connectivity index (χ0) is 13.5. The average molecular weight is 275 g/mol. The SMILES string of the molecule is COC(=O)C(NCCc1cccs1)c1ccccc1. The van der Waals surface area contributed by atoms with Crippen molar-refractivity contribution < 1.29 is 9.53 Å². The molecule has 1 atom stereocenters. The number of benzene rings is 1. The van der Waals surface area contributed by atoms with E-state index in [1.807, 2.05) is 36.4 Å². The number of rotatable bonds is 6. The molecule has 0 radical (unpaired) electrons. The highest BCUT2D eigenvalue weighted by molar-refractivity contribution is 7.09. The third-order valence-corrected chi connectivity index (χ3v) is 3.81. The molecule has 0 amide bonds. The van der Waals surface area contributed by atoms with E-state index < -0.39 is 6.04 Å². The summed E-state index contributed by atoms with van der Waals surface area (Å²) in [4.78, 5) is 13.1. The van der Waals surface area contributed by atoms with Gasteiger partial charge in [0.05, 0.1) is 7.11 Å². The summed E-state index contributed by atoms with van der Waals surface area (Å²) in [6, 6.07) is 13.4. The topological polar surface area (TPSA) is 38.3 Å². The number of hydrogen-bond acceptors (Lipinski definition) is 4. The molecule has 19 heavy (non-hydrogen) atoms. The van der Waals surface area contributed by atoms with Crippen molar-refractivity contribution in [1.82, 2.24) is 5.32 Å². The molecule has 1 N–H and O–H groups in total. The lowest BCUT2D eigenvalue weighted by molar-refractivity contribution is -0.143. The summed E-state index contributed by atoms with van der Waals surface area (Å²) in [5, 5.41) is 5.32. The second-order valence-corrected chi connectivity index (χ2v) is 5.18. The van der Waals surface area contributed by atoms with Crippen molar-refractivity contribution in [1.29, 1.82) is 0 Å². The number of methoxy groups -OCH3 is 1. The standard InChI is InChI=1S/C15H17NO2S/c1-18-15(17)14(12-6-3-2-4-7-12)16-10-9-13-8-5-11-19-13/h2-8,11,14,16H,9-10H2,1H3. The molecular weight excluding hydrogens is 258 g/mol. The molecule has 0 aliphatic carbocycles. The Balaban J connectivity index is 1.97. The van der Waals surface area contributed by atoms with Crippen molar-refractivity contribution in [3.63, 3.8) is 0 Å². The normalized spacial score (nSPS) is 12.1. The highest BCUT2D eigenvalue weighted by Gasteiger charge is 2.20. The van der Waals surface area contributed by atoms with Crippen LogP contribution in [0.5, 0.6) is 0 Å². The predicted molar refractivity (Wildman–Crippen MR) is 77.2 cm³/mol. The molecule has 1 aromatic carbocycles. The Bertz CT molecular complexity index is 496. The summed E-state index contributed by atoms with van der Waals surface area (Å²) in [6.07, 6.45) is 0.915. The third-order valence-electron chi connectivity index (χ3n) is 2.87. The van der Waals surface area contributed by atoms with Crippen LogP contribution >= 0.6 is 11.3 Å². The number of nitrogens with one attached hydrogen (secondary N) is 1. The lowest BCUT2D eigenvalue weighted by Gasteiger charge is -2.16. The number of ether oxygens (including phenoxy) is 1. The monoisotopic (exact) mass is 275 g/mol. The Morgan fingerprint density at radius 1 is 1.26 bits per heavy atom. The summed E-state index contributed by atoms with van der Waals surface area (Å²) in [7, 11) is 1.42. The van der Waals surface area contributed by atoms with Gasteiger partial charge in [-0.1, -0.05) is 36.4 Å². The summed E-state index contributed by atoms with van der Waals surface area (Å²) in [5.41, 5.74) is 0.931. The first-order valence-corrected chi connectivity index (χ1v) is 7.08. The van der Waals surface area contributed by atoms with Crippen molar-refractivity contribution in [2.24, 2.45) is 0 Å². The fourth-order valence-electron chi connectivity index (χ4n) is 1.90. The van der Waals surface area contributed by atoms with Gasteiger partial charge in [-0.15, -0.1) is 11.3 Å². The minimum absolute atomic E-state index is 0.252. The highest BCUT2D eigenvalue weighted by Crippen LogP contribution is 2.15. The Morgan fingerprint density at radius 2 is 2.05 bits per heavy atom. The molecule has 1 aromatic heterocycles. The first-order valence-electron chi connectivity index (χ1n) is 6.20. The van der Waals surface area contributed by atoms with Crippen LogP contribution in [-0.2, 0) is 16.0 Å². The molecule has 0 aliphatic rings. The second kappa shape index (κ2) is 7.07. The summed E-state index contributed by atoms with van der Waals surface area (Å²) < 4.78 is 4.86. The largest absolute Gasteiger partial charge is 0.468 e. The molecule has 0 spiro atoms.